The van der Waals surface area contributed by atoms with Gasteiger partial charge < -0.3 is 0 Å². The summed E-state index contributed by atoms with van der Waals surface area (Å²) in [4.78, 5) is 3.63. The summed E-state index contributed by atoms with van der Waals surface area (Å²) in [6, 6.07) is 0. The minimum atomic E-state index is -1.15. The maximum atomic E-state index is 2.76. The monoisotopic (exact) mass is 570 g/mol. The van der Waals surface area contributed by atoms with Gasteiger partial charge in [-0.1, -0.05) is 139 Å². The van der Waals surface area contributed by atoms with E-state index in [2.05, 4.69) is 118 Å². The molecule has 0 aliphatic heterocycles. The summed E-state index contributed by atoms with van der Waals surface area (Å²) < 4.78 is 0. The molecule has 0 radical (unpaired) electrons. The second kappa shape index (κ2) is 9.01. The highest BCUT2D eigenvalue weighted by atomic mass is 32.7. The van der Waals surface area contributed by atoms with E-state index in [9.17, 15) is 0 Å². The van der Waals surface area contributed by atoms with Gasteiger partial charge in [-0.25, -0.2) is 0 Å². The van der Waals surface area contributed by atoms with Gasteiger partial charge in [-0.2, -0.15) is 0 Å². The topological polar surface area (TPSA) is 0 Å². The molecule has 0 amide bonds. The summed E-state index contributed by atoms with van der Waals surface area (Å²) in [7, 11) is -6.90. The number of hydrogen-bond donors (Lipinski definition) is 0. The molecule has 0 fully saturated rings. The molecule has 0 aromatic carbocycles. The van der Waals surface area contributed by atoms with Crippen molar-refractivity contribution in [3.8, 4) is 0 Å². The van der Waals surface area contributed by atoms with Gasteiger partial charge in [0.25, 0.3) is 0 Å². The second-order valence-corrected chi connectivity index (χ2v) is 66.9. The first-order valence-electron chi connectivity index (χ1n) is 12.1. The first kappa shape index (κ1) is 30.2. The van der Waals surface area contributed by atoms with E-state index in [1.54, 1.807) is 0 Å². The Bertz CT molecular complexity index is 553. The van der Waals surface area contributed by atoms with E-state index < -0.39 is 48.4 Å². The molecule has 1 aromatic heterocycles. The Morgan fingerprint density at radius 1 is 0.267 bits per heavy atom. The van der Waals surface area contributed by atoms with Crippen LogP contribution in [-0.2, 0) is 0 Å². The van der Waals surface area contributed by atoms with Crippen molar-refractivity contribution in [1.82, 2.24) is 0 Å². The zero-order valence-corrected chi connectivity index (χ0v) is 32.8. The van der Waals surface area contributed by atoms with Crippen molar-refractivity contribution >= 4 is 69.1 Å². The average molecular weight is 571 g/mol. The maximum absolute atomic E-state index is 2.76. The van der Waals surface area contributed by atoms with Gasteiger partial charge in [0, 0.05) is 0 Å². The van der Waals surface area contributed by atoms with Gasteiger partial charge in [-0.15, -0.1) is 0 Å². The van der Waals surface area contributed by atoms with Crippen molar-refractivity contribution in [2.24, 2.45) is 0 Å². The standard InChI is InChI=1S/C21H57P3Si6/c1-25(2,3)19(26(4,5)6)22-23(20(27(7,8)9)28(10,11)12)24(22)21(29(13,14)15)30(16,17)18/h19-21H,1-18H3. The van der Waals surface area contributed by atoms with Crippen LogP contribution in [0, 0.1) is 0 Å². The zero-order chi connectivity index (χ0) is 24.5. The lowest BCUT2D eigenvalue weighted by Crippen LogP contribution is -2.44. The molecule has 0 atom stereocenters. The molecule has 1 aromatic rings. The lowest BCUT2D eigenvalue weighted by Gasteiger charge is -2.39. The molecular formula is C21H57P3Si6. The quantitative estimate of drug-likeness (QED) is 0.259. The van der Waals surface area contributed by atoms with Crippen LogP contribution in [0.1, 0.15) is 14.7 Å². The summed E-state index contributed by atoms with van der Waals surface area (Å²) in [5, 5.41) is 0. The van der Waals surface area contributed by atoms with Crippen molar-refractivity contribution in [3.05, 3.63) is 0 Å². The van der Waals surface area contributed by atoms with Crippen molar-refractivity contribution in [2.75, 3.05) is 0 Å². The highest BCUT2D eigenvalue weighted by molar-refractivity contribution is 8.74. The van der Waals surface area contributed by atoms with Gasteiger partial charge in [0.2, 0.25) is 0 Å². The van der Waals surface area contributed by atoms with Gasteiger partial charge in [0.1, 0.15) is 0 Å². The normalized spacial score (nSPS) is 17.7. The van der Waals surface area contributed by atoms with Gasteiger partial charge in [-0.3, -0.25) is 0 Å². The lowest BCUT2D eigenvalue weighted by atomic mass is 11.7. The zero-order valence-electron chi connectivity index (χ0n) is 24.1. The molecule has 0 unspecified atom stereocenters. The minimum Gasteiger partial charge on any atom is -0.0792 e. The molecule has 0 aliphatic carbocycles. The van der Waals surface area contributed by atoms with E-state index in [0.29, 0.717) is 20.7 Å². The Morgan fingerprint density at radius 2 is 0.367 bits per heavy atom. The van der Waals surface area contributed by atoms with Crippen LogP contribution >= 0.6 is 20.7 Å². The molecule has 9 heteroatoms. The van der Waals surface area contributed by atoms with Gasteiger partial charge in [0.15, 0.2) is 0 Å². The molecule has 0 N–H and O–H groups in total. The molecule has 0 saturated heterocycles. The molecule has 0 bridgehead atoms. The van der Waals surface area contributed by atoms with Gasteiger partial charge in [-0.05, 0) is 14.7 Å². The molecule has 0 spiro atoms. The maximum Gasteiger partial charge on any atom is 0.0540 e. The fraction of sp³-hybridized carbons (Fsp3) is 1.00. The van der Waals surface area contributed by atoms with Crippen LogP contribution in [0.5, 0.6) is 0 Å². The van der Waals surface area contributed by atoms with Crippen LogP contribution < -0.4 is 0 Å². The van der Waals surface area contributed by atoms with E-state index >= 15 is 0 Å². The Balaban J connectivity index is 4.00. The minimum absolute atomic E-state index is 0.339. The molecular weight excluding hydrogens is 514 g/mol. The van der Waals surface area contributed by atoms with E-state index in [1.807, 2.05) is 0 Å². The van der Waals surface area contributed by atoms with Crippen molar-refractivity contribution in [2.45, 2.75) is 133 Å². The third-order valence-electron chi connectivity index (χ3n) is 6.21. The van der Waals surface area contributed by atoms with Gasteiger partial charge in [0.05, 0.1) is 48.4 Å². The predicted molar refractivity (Wildman–Crippen MR) is 172 cm³/mol. The first-order valence-corrected chi connectivity index (χ1v) is 39.9. The highest BCUT2D eigenvalue weighted by Crippen LogP contribution is 3.00. The summed E-state index contributed by atoms with van der Waals surface area (Å²) in [5.74, 6) is 0. The van der Waals surface area contributed by atoms with E-state index in [0.717, 1.165) is 0 Å². The smallest absolute Gasteiger partial charge is 0.0540 e. The van der Waals surface area contributed by atoms with E-state index in [1.165, 1.54) is 14.7 Å². The molecule has 30 heavy (non-hydrogen) atoms. The van der Waals surface area contributed by atoms with Crippen LogP contribution in [-0.4, -0.2) is 48.4 Å². The number of hydrogen-bond acceptors (Lipinski definition) is 0. The van der Waals surface area contributed by atoms with Gasteiger partial charge >= 0.3 is 0 Å². The van der Waals surface area contributed by atoms with Crippen LogP contribution in [0.2, 0.25) is 118 Å². The van der Waals surface area contributed by atoms with Crippen LogP contribution in [0.3, 0.4) is 0 Å². The van der Waals surface area contributed by atoms with E-state index in [-0.39, 0.29) is 0 Å². The Kier molecular flexibility index (Phi) is 9.08. The molecule has 0 aliphatic rings. The Hall–Kier alpha value is 2.20. The lowest BCUT2D eigenvalue weighted by molar-refractivity contribution is 1.40. The van der Waals surface area contributed by atoms with Crippen LogP contribution in [0.15, 0.2) is 0 Å². The second-order valence-electron chi connectivity index (χ2n) is 16.4. The summed E-state index contributed by atoms with van der Waals surface area (Å²) in [5.41, 5.74) is 0. The third kappa shape index (κ3) is 7.11. The molecule has 1 heterocycles. The number of rotatable bonds is 9. The van der Waals surface area contributed by atoms with Crippen molar-refractivity contribution < 1.29 is 0 Å². The average Bonchev–Trinajstić information content (AvgIpc) is 2.90. The van der Waals surface area contributed by atoms with E-state index in [4.69, 9.17) is 0 Å². The van der Waals surface area contributed by atoms with Crippen LogP contribution in [0.25, 0.3) is 0 Å². The van der Waals surface area contributed by atoms with Crippen LogP contribution in [0.4, 0.5) is 0 Å². The molecule has 1 rings (SSSR count). The highest BCUT2D eigenvalue weighted by Gasteiger charge is 2.55. The summed E-state index contributed by atoms with van der Waals surface area (Å²) in [6.45, 7) is 50.7. The fourth-order valence-electron chi connectivity index (χ4n) is 6.84. The fourth-order valence-corrected chi connectivity index (χ4v) is 135. The first-order chi connectivity index (χ1) is 12.7. The summed E-state index contributed by atoms with van der Waals surface area (Å²) >= 11 is 0. The Morgan fingerprint density at radius 3 is 0.433 bits per heavy atom. The molecule has 0 nitrogen and oxygen atoms in total. The largest absolute Gasteiger partial charge is 0.0792 e. The van der Waals surface area contributed by atoms with Crippen molar-refractivity contribution in [3.63, 3.8) is 0 Å². The summed E-state index contributed by atoms with van der Waals surface area (Å²) in [6.07, 6.45) is 0. The molecule has 0 saturated carbocycles. The molecule has 180 valence electrons. The van der Waals surface area contributed by atoms with Crippen molar-refractivity contribution in [1.29, 1.82) is 0 Å². The Labute approximate surface area is 200 Å². The third-order valence-corrected chi connectivity index (χ3v) is 75.6. The predicted octanol–water partition coefficient (Wildman–Crippen LogP) is 11.5. The SMILES string of the molecule is C[Si](C)(C)C(p1p(C([Si](C)(C)C)[Si](C)(C)C)p1C([Si](C)(C)C)[Si](C)(C)C)[Si](C)(C)C.